The molecule has 0 aliphatic rings. The maximum Gasteiger partial charge on any atom is 0.460 e. The van der Waals surface area contributed by atoms with Gasteiger partial charge in [-0.3, -0.25) is 0 Å². The Kier molecular flexibility index (Phi) is 4.61. The van der Waals surface area contributed by atoms with E-state index in [1.54, 1.807) is 26.0 Å². The smallest absolute Gasteiger partial charge is 0.208 e. The van der Waals surface area contributed by atoms with Crippen LogP contribution in [-0.2, 0) is 6.54 Å². The van der Waals surface area contributed by atoms with Crippen molar-refractivity contribution in [3.05, 3.63) is 33.4 Å². The highest BCUT2D eigenvalue weighted by Crippen LogP contribution is 2.26. The molecule has 0 aliphatic heterocycles. The van der Waals surface area contributed by atoms with Crippen molar-refractivity contribution in [2.24, 2.45) is 0 Å². The number of nitrogens with zero attached hydrogens (tertiary/aromatic N) is 1. The van der Waals surface area contributed by atoms with Gasteiger partial charge >= 0.3 is 6.30 Å². The highest BCUT2D eigenvalue weighted by atomic mass is 127. The third-order valence-electron chi connectivity index (χ3n) is 2.22. The number of hydrogen-bond donors (Lipinski definition) is 0. The van der Waals surface area contributed by atoms with Crippen LogP contribution in [0.1, 0.15) is 19.4 Å². The van der Waals surface area contributed by atoms with Gasteiger partial charge in [0.15, 0.2) is 0 Å². The lowest BCUT2D eigenvalue weighted by Crippen LogP contribution is -2.42. The fourth-order valence-electron chi connectivity index (χ4n) is 1.35. The molecule has 0 radical (unpaired) electrons. The van der Waals surface area contributed by atoms with Crippen LogP contribution in [0.2, 0.25) is 0 Å². The summed E-state index contributed by atoms with van der Waals surface area (Å²) in [6, 6.07) is 6.51. The summed E-state index contributed by atoms with van der Waals surface area (Å²) in [4.78, 5) is 0.523. The second-order valence-corrected chi connectivity index (χ2v) is 5.06. The fourth-order valence-corrected chi connectivity index (χ4v) is 1.71. The van der Waals surface area contributed by atoms with Gasteiger partial charge in [-0.15, -0.1) is 0 Å². The largest absolute Gasteiger partial charge is 0.460 e. The molecule has 1 nitrogen and oxygen atoms in total. The maximum absolute atomic E-state index is 12.7. The van der Waals surface area contributed by atoms with Gasteiger partial charge < -0.3 is 0 Å². The number of benzene rings is 1. The summed E-state index contributed by atoms with van der Waals surface area (Å²) in [6.07, 6.45) is -4.28. The van der Waals surface area contributed by atoms with E-state index in [1.807, 2.05) is 12.1 Å². The topological polar surface area (TPSA) is 3.24 Å². The minimum Gasteiger partial charge on any atom is -0.208 e. The van der Waals surface area contributed by atoms with E-state index in [9.17, 15) is 13.2 Å². The van der Waals surface area contributed by atoms with Gasteiger partial charge in [0.2, 0.25) is 0 Å². The van der Waals surface area contributed by atoms with E-state index in [1.165, 1.54) is 0 Å². The van der Waals surface area contributed by atoms with Crippen molar-refractivity contribution in [3.8, 4) is 0 Å². The third-order valence-corrected chi connectivity index (χ3v) is 2.93. The lowest BCUT2D eigenvalue weighted by Gasteiger charge is -2.28. The van der Waals surface area contributed by atoms with E-state index >= 15 is 0 Å². The predicted octanol–water partition coefficient (Wildman–Crippen LogP) is 4.02. The maximum atomic E-state index is 12.7. The lowest BCUT2D eigenvalue weighted by molar-refractivity contribution is -0.259. The Bertz CT molecular complexity index is 332. The van der Waals surface area contributed by atoms with Gasteiger partial charge in [0.05, 0.1) is 0 Å². The molecule has 0 saturated heterocycles. The SMILES string of the molecule is CC(C)N(Cc1ccc(I)cc1)C(F)(F)F. The van der Waals surface area contributed by atoms with Crippen LogP contribution in [0, 0.1) is 3.57 Å². The summed E-state index contributed by atoms with van der Waals surface area (Å²) < 4.78 is 39.0. The molecule has 1 aromatic rings. The van der Waals surface area contributed by atoms with E-state index in [-0.39, 0.29) is 6.54 Å². The van der Waals surface area contributed by atoms with Crippen molar-refractivity contribution in [2.45, 2.75) is 32.7 Å². The Morgan fingerprint density at radius 3 is 2.06 bits per heavy atom. The van der Waals surface area contributed by atoms with Crippen LogP contribution in [0.5, 0.6) is 0 Å². The minimum absolute atomic E-state index is 0.0991. The molecule has 90 valence electrons. The summed E-state index contributed by atoms with van der Waals surface area (Å²) in [5.41, 5.74) is 0.673. The molecule has 0 heterocycles. The normalized spacial score (nSPS) is 12.5. The Morgan fingerprint density at radius 2 is 1.69 bits per heavy atom. The van der Waals surface area contributed by atoms with E-state index in [0.717, 1.165) is 3.57 Å². The molecule has 0 aliphatic carbocycles. The summed E-state index contributed by atoms with van der Waals surface area (Å²) in [5.74, 6) is 0. The Hall–Kier alpha value is -0.300. The molecule has 0 atom stereocenters. The Balaban J connectivity index is 2.80. The summed E-state index contributed by atoms with van der Waals surface area (Å²) >= 11 is 2.12. The standard InChI is InChI=1S/C11H13F3IN/c1-8(2)16(11(12,13)14)7-9-3-5-10(15)6-4-9/h3-6,8H,7H2,1-2H3. The summed E-state index contributed by atoms with van der Waals surface area (Å²) in [5, 5.41) is 0. The van der Waals surface area contributed by atoms with Gasteiger partial charge in [-0.2, -0.15) is 13.2 Å². The quantitative estimate of drug-likeness (QED) is 0.592. The van der Waals surface area contributed by atoms with E-state index in [4.69, 9.17) is 0 Å². The first kappa shape index (κ1) is 13.8. The highest BCUT2D eigenvalue weighted by Gasteiger charge is 2.38. The molecular formula is C11H13F3IN. The zero-order chi connectivity index (χ0) is 12.3. The summed E-state index contributed by atoms with van der Waals surface area (Å²) in [7, 11) is 0. The molecule has 0 fully saturated rings. The summed E-state index contributed by atoms with van der Waals surface area (Å²) in [6.45, 7) is 2.98. The van der Waals surface area contributed by atoms with Crippen molar-refractivity contribution in [1.29, 1.82) is 0 Å². The monoisotopic (exact) mass is 343 g/mol. The molecule has 5 heteroatoms. The lowest BCUT2D eigenvalue weighted by atomic mass is 10.2. The molecule has 0 unspecified atom stereocenters. The van der Waals surface area contributed by atoms with Crippen LogP contribution in [0.15, 0.2) is 24.3 Å². The van der Waals surface area contributed by atoms with Crippen molar-refractivity contribution >= 4 is 22.6 Å². The van der Waals surface area contributed by atoms with Gasteiger partial charge in [-0.05, 0) is 54.1 Å². The van der Waals surface area contributed by atoms with Crippen LogP contribution in [0.25, 0.3) is 0 Å². The number of rotatable bonds is 3. The third kappa shape index (κ3) is 3.93. The van der Waals surface area contributed by atoms with Crippen molar-refractivity contribution in [2.75, 3.05) is 0 Å². The van der Waals surface area contributed by atoms with Crippen LogP contribution in [0.4, 0.5) is 13.2 Å². The van der Waals surface area contributed by atoms with Crippen LogP contribution in [0.3, 0.4) is 0 Å². The van der Waals surface area contributed by atoms with Crippen LogP contribution in [-0.4, -0.2) is 17.2 Å². The molecule has 0 saturated carbocycles. The Labute approximate surface area is 107 Å². The molecule has 0 amide bonds. The van der Waals surface area contributed by atoms with Crippen LogP contribution >= 0.6 is 22.6 Å². The number of alkyl halides is 3. The zero-order valence-electron chi connectivity index (χ0n) is 9.05. The van der Waals surface area contributed by atoms with Crippen molar-refractivity contribution < 1.29 is 13.2 Å². The van der Waals surface area contributed by atoms with Crippen molar-refractivity contribution in [1.82, 2.24) is 4.90 Å². The van der Waals surface area contributed by atoms with E-state index in [0.29, 0.717) is 10.5 Å². The van der Waals surface area contributed by atoms with Gasteiger partial charge in [0, 0.05) is 16.2 Å². The molecule has 1 aromatic carbocycles. The first-order valence-electron chi connectivity index (χ1n) is 4.88. The fraction of sp³-hybridized carbons (Fsp3) is 0.455. The molecule has 16 heavy (non-hydrogen) atoms. The van der Waals surface area contributed by atoms with Crippen LogP contribution < -0.4 is 0 Å². The van der Waals surface area contributed by atoms with Gasteiger partial charge in [0.25, 0.3) is 0 Å². The average Bonchev–Trinajstić information content (AvgIpc) is 2.14. The number of hydrogen-bond acceptors (Lipinski definition) is 1. The molecule has 0 N–H and O–H groups in total. The minimum atomic E-state index is -4.28. The molecular weight excluding hydrogens is 330 g/mol. The molecule has 1 rings (SSSR count). The molecule has 0 bridgehead atoms. The van der Waals surface area contributed by atoms with Gasteiger partial charge in [-0.25, -0.2) is 4.90 Å². The van der Waals surface area contributed by atoms with E-state index < -0.39 is 12.3 Å². The Morgan fingerprint density at radius 1 is 1.19 bits per heavy atom. The first-order chi connectivity index (χ1) is 7.30. The number of halogens is 4. The van der Waals surface area contributed by atoms with Gasteiger partial charge in [-0.1, -0.05) is 12.1 Å². The highest BCUT2D eigenvalue weighted by molar-refractivity contribution is 14.1. The van der Waals surface area contributed by atoms with Gasteiger partial charge in [0.1, 0.15) is 0 Å². The average molecular weight is 343 g/mol. The first-order valence-corrected chi connectivity index (χ1v) is 5.96. The van der Waals surface area contributed by atoms with E-state index in [2.05, 4.69) is 22.6 Å². The second-order valence-electron chi connectivity index (χ2n) is 3.82. The molecule has 0 aromatic heterocycles. The second kappa shape index (κ2) is 5.35. The van der Waals surface area contributed by atoms with Crippen molar-refractivity contribution in [3.63, 3.8) is 0 Å². The predicted molar refractivity (Wildman–Crippen MR) is 65.9 cm³/mol. The molecule has 0 spiro atoms. The zero-order valence-corrected chi connectivity index (χ0v) is 11.2.